The quantitative estimate of drug-likeness (QED) is 0.811. The number of carbonyl (C=O) groups excluding carboxylic acids is 1. The first-order valence-corrected chi connectivity index (χ1v) is 5.28. The average Bonchev–Trinajstić information content (AvgIpc) is 2.76. The fourth-order valence-corrected chi connectivity index (χ4v) is 1.82. The zero-order chi connectivity index (χ0) is 11.5. The van der Waals surface area contributed by atoms with E-state index < -0.39 is 6.17 Å². The van der Waals surface area contributed by atoms with Crippen molar-refractivity contribution in [3.05, 3.63) is 11.8 Å². The van der Waals surface area contributed by atoms with Crippen LogP contribution < -0.4 is 10.6 Å². The number of carbonyl (C=O) groups is 1. The highest BCUT2D eigenvalue weighted by atomic mass is 19.1. The molecule has 0 spiro atoms. The molecule has 0 unspecified atom stereocenters. The van der Waals surface area contributed by atoms with Crippen LogP contribution in [0.5, 0.6) is 0 Å². The van der Waals surface area contributed by atoms with Gasteiger partial charge in [0.2, 0.25) is 0 Å². The second kappa shape index (κ2) is 4.51. The van der Waals surface area contributed by atoms with Gasteiger partial charge < -0.3 is 9.84 Å². The van der Waals surface area contributed by atoms with Crippen LogP contribution in [0.25, 0.3) is 0 Å². The van der Waals surface area contributed by atoms with Crippen molar-refractivity contribution >= 4 is 11.8 Å². The largest absolute Gasteiger partial charge is 0.360 e. The molecule has 1 aliphatic rings. The van der Waals surface area contributed by atoms with Crippen LogP contribution in [0, 0.1) is 6.92 Å². The highest BCUT2D eigenvalue weighted by Gasteiger charge is 2.25. The van der Waals surface area contributed by atoms with E-state index in [0.717, 1.165) is 0 Å². The number of aryl methyl sites for hydroxylation is 1. The minimum atomic E-state index is -0.792. The highest BCUT2D eigenvalue weighted by Crippen LogP contribution is 2.21. The molecule has 1 aromatic heterocycles. The van der Waals surface area contributed by atoms with Crippen molar-refractivity contribution in [2.45, 2.75) is 38.4 Å². The van der Waals surface area contributed by atoms with Gasteiger partial charge in [-0.15, -0.1) is 0 Å². The van der Waals surface area contributed by atoms with Crippen molar-refractivity contribution < 1.29 is 13.7 Å². The number of alkyl halides is 1. The van der Waals surface area contributed by atoms with Gasteiger partial charge in [0.1, 0.15) is 11.9 Å². The predicted octanol–water partition coefficient (Wildman–Crippen LogP) is 2.00. The Morgan fingerprint density at radius 3 is 3.00 bits per heavy atom. The molecule has 2 amide bonds. The van der Waals surface area contributed by atoms with Crippen LogP contribution >= 0.6 is 0 Å². The van der Waals surface area contributed by atoms with E-state index in [1.807, 2.05) is 0 Å². The maximum absolute atomic E-state index is 12.9. The van der Waals surface area contributed by atoms with Crippen molar-refractivity contribution in [3.63, 3.8) is 0 Å². The van der Waals surface area contributed by atoms with Gasteiger partial charge in [0.05, 0.1) is 0 Å². The minimum Gasteiger partial charge on any atom is -0.360 e. The van der Waals surface area contributed by atoms with Gasteiger partial charge in [0.15, 0.2) is 5.82 Å². The van der Waals surface area contributed by atoms with Crippen LogP contribution in [0.3, 0.4) is 0 Å². The van der Waals surface area contributed by atoms with E-state index >= 15 is 0 Å². The van der Waals surface area contributed by atoms with Gasteiger partial charge >= 0.3 is 6.03 Å². The van der Waals surface area contributed by atoms with Crippen molar-refractivity contribution in [3.8, 4) is 0 Å². The Hall–Kier alpha value is -1.59. The maximum Gasteiger partial charge on any atom is 0.320 e. The first-order chi connectivity index (χ1) is 7.63. The Labute approximate surface area is 92.4 Å². The number of aromatic nitrogens is 1. The third-order valence-corrected chi connectivity index (χ3v) is 2.57. The molecule has 0 saturated heterocycles. The Morgan fingerprint density at radius 1 is 1.62 bits per heavy atom. The number of urea groups is 1. The lowest BCUT2D eigenvalue weighted by Crippen LogP contribution is -2.36. The molecule has 2 N–H and O–H groups in total. The number of hydrogen-bond acceptors (Lipinski definition) is 3. The Bertz CT molecular complexity index is 380. The Balaban J connectivity index is 1.80. The first-order valence-electron chi connectivity index (χ1n) is 5.28. The number of anilines is 1. The van der Waals surface area contributed by atoms with E-state index in [1.54, 1.807) is 13.0 Å². The molecule has 6 heteroatoms. The Morgan fingerprint density at radius 2 is 2.44 bits per heavy atom. The number of halogens is 1. The Kier molecular flexibility index (Phi) is 3.07. The van der Waals surface area contributed by atoms with E-state index in [-0.39, 0.29) is 12.1 Å². The fourth-order valence-electron chi connectivity index (χ4n) is 1.82. The van der Waals surface area contributed by atoms with E-state index in [0.29, 0.717) is 30.8 Å². The van der Waals surface area contributed by atoms with Crippen LogP contribution in [-0.4, -0.2) is 23.4 Å². The van der Waals surface area contributed by atoms with Crippen molar-refractivity contribution in [1.29, 1.82) is 0 Å². The monoisotopic (exact) mass is 227 g/mol. The molecule has 2 atom stereocenters. The van der Waals surface area contributed by atoms with E-state index in [2.05, 4.69) is 15.8 Å². The summed E-state index contributed by atoms with van der Waals surface area (Å²) in [6.45, 7) is 1.74. The molecule has 1 aliphatic carbocycles. The molecular weight excluding hydrogens is 213 g/mol. The van der Waals surface area contributed by atoms with Gasteiger partial charge in [-0.25, -0.2) is 9.18 Å². The van der Waals surface area contributed by atoms with Crippen molar-refractivity contribution in [2.24, 2.45) is 0 Å². The van der Waals surface area contributed by atoms with E-state index in [9.17, 15) is 9.18 Å². The summed E-state index contributed by atoms with van der Waals surface area (Å²) in [6.07, 6.45) is 0.811. The van der Waals surface area contributed by atoms with Gasteiger partial charge in [0, 0.05) is 12.1 Å². The molecule has 1 aromatic rings. The van der Waals surface area contributed by atoms with Crippen LogP contribution in [0.2, 0.25) is 0 Å². The number of nitrogens with zero attached hydrogens (tertiary/aromatic N) is 1. The lowest BCUT2D eigenvalue weighted by molar-refractivity contribution is 0.247. The smallest absolute Gasteiger partial charge is 0.320 e. The van der Waals surface area contributed by atoms with Gasteiger partial charge in [-0.3, -0.25) is 5.32 Å². The lowest BCUT2D eigenvalue weighted by atomic mass is 10.2. The third kappa shape index (κ3) is 2.71. The van der Waals surface area contributed by atoms with Crippen LogP contribution in [-0.2, 0) is 0 Å². The van der Waals surface area contributed by atoms with Gasteiger partial charge in [-0.2, -0.15) is 0 Å². The summed E-state index contributed by atoms with van der Waals surface area (Å²) in [7, 11) is 0. The maximum atomic E-state index is 12.9. The summed E-state index contributed by atoms with van der Waals surface area (Å²) < 4.78 is 17.7. The molecule has 88 valence electrons. The summed E-state index contributed by atoms with van der Waals surface area (Å²) in [5.41, 5.74) is 0. The fraction of sp³-hybridized carbons (Fsp3) is 0.600. The summed E-state index contributed by atoms with van der Waals surface area (Å²) in [5.74, 6) is 0.991. The topological polar surface area (TPSA) is 67.2 Å². The highest BCUT2D eigenvalue weighted by molar-refractivity contribution is 5.88. The molecule has 0 aromatic carbocycles. The molecular formula is C10H14FN3O2. The summed E-state index contributed by atoms with van der Waals surface area (Å²) in [4.78, 5) is 11.5. The number of hydrogen-bond donors (Lipinski definition) is 2. The first kappa shape index (κ1) is 10.9. The third-order valence-electron chi connectivity index (χ3n) is 2.57. The molecule has 16 heavy (non-hydrogen) atoms. The molecule has 2 rings (SSSR count). The average molecular weight is 227 g/mol. The number of rotatable bonds is 2. The second-order valence-electron chi connectivity index (χ2n) is 4.03. The standard InChI is InChI=1S/C10H14FN3O2/c1-6-4-9(14-16-6)13-10(15)12-8-3-2-7(11)5-8/h4,7-8H,2-3,5H2,1H3,(H2,12,13,14,15)/t7-,8-/m1/s1. The molecule has 0 radical (unpaired) electrons. The van der Waals surface area contributed by atoms with Crippen molar-refractivity contribution in [1.82, 2.24) is 10.5 Å². The van der Waals surface area contributed by atoms with Crippen molar-refractivity contribution in [2.75, 3.05) is 5.32 Å². The molecule has 0 bridgehead atoms. The lowest BCUT2D eigenvalue weighted by Gasteiger charge is -2.11. The number of amides is 2. The zero-order valence-corrected chi connectivity index (χ0v) is 9.00. The van der Waals surface area contributed by atoms with E-state index in [4.69, 9.17) is 4.52 Å². The van der Waals surface area contributed by atoms with Crippen LogP contribution in [0.4, 0.5) is 15.0 Å². The minimum absolute atomic E-state index is 0.0806. The van der Waals surface area contributed by atoms with Crippen LogP contribution in [0.1, 0.15) is 25.0 Å². The van der Waals surface area contributed by atoms with Crippen LogP contribution in [0.15, 0.2) is 10.6 Å². The summed E-state index contributed by atoms with van der Waals surface area (Å²) >= 11 is 0. The zero-order valence-electron chi connectivity index (χ0n) is 9.00. The van der Waals surface area contributed by atoms with E-state index in [1.165, 1.54) is 0 Å². The number of nitrogens with one attached hydrogen (secondary N) is 2. The molecule has 1 saturated carbocycles. The SMILES string of the molecule is Cc1cc(NC(=O)N[C@@H]2CC[C@@H](F)C2)no1. The molecule has 1 heterocycles. The van der Waals surface area contributed by atoms with Gasteiger partial charge in [0.25, 0.3) is 0 Å². The molecule has 0 aliphatic heterocycles. The predicted molar refractivity (Wildman–Crippen MR) is 55.9 cm³/mol. The molecule has 5 nitrogen and oxygen atoms in total. The summed E-state index contributed by atoms with van der Waals surface area (Å²) in [6, 6.07) is 1.17. The molecule has 1 fully saturated rings. The normalized spacial score (nSPS) is 24.4. The second-order valence-corrected chi connectivity index (χ2v) is 4.03. The summed E-state index contributed by atoms with van der Waals surface area (Å²) in [5, 5.41) is 8.85. The van der Waals surface area contributed by atoms with Gasteiger partial charge in [-0.1, -0.05) is 5.16 Å². The van der Waals surface area contributed by atoms with Gasteiger partial charge in [-0.05, 0) is 26.2 Å².